The van der Waals surface area contributed by atoms with Gasteiger partial charge in [0.25, 0.3) is 5.56 Å². The molecule has 1 atom stereocenters. The summed E-state index contributed by atoms with van der Waals surface area (Å²) in [5, 5.41) is 9.44. The summed E-state index contributed by atoms with van der Waals surface area (Å²) in [6.07, 6.45) is 1.62. The highest BCUT2D eigenvalue weighted by Gasteiger charge is 2.40. The lowest BCUT2D eigenvalue weighted by Crippen LogP contribution is -2.49. The van der Waals surface area contributed by atoms with Crippen LogP contribution in [0.1, 0.15) is 32.3 Å². The first-order chi connectivity index (χ1) is 11.7. The summed E-state index contributed by atoms with van der Waals surface area (Å²) in [7, 11) is 4.27. The van der Waals surface area contributed by atoms with E-state index < -0.39 is 16.7 Å². The average molecular weight is 348 g/mol. The smallest absolute Gasteiger partial charge is 0.332 e. The Kier molecular flexibility index (Phi) is 5.07. The third-order valence-electron chi connectivity index (χ3n) is 5.20. The molecular weight excluding hydrogens is 324 g/mol. The van der Waals surface area contributed by atoms with Gasteiger partial charge in [-0.2, -0.15) is 5.26 Å². The fourth-order valence-corrected chi connectivity index (χ4v) is 3.49. The molecule has 1 unspecified atom stereocenters. The molecule has 0 radical (unpaired) electrons. The van der Waals surface area contributed by atoms with Gasteiger partial charge < -0.3 is 9.64 Å². The highest BCUT2D eigenvalue weighted by Crippen LogP contribution is 2.36. The van der Waals surface area contributed by atoms with Crippen molar-refractivity contribution in [3.63, 3.8) is 0 Å². The highest BCUT2D eigenvalue weighted by molar-refractivity contribution is 5.76. The third kappa shape index (κ3) is 3.06. The SMILES string of the molecule is COC(=O)C(C)(C)C1CCCN(c2c(C#N)c(=O)n(C)c(=O)n2C)C1. The van der Waals surface area contributed by atoms with E-state index in [1.807, 2.05) is 24.8 Å². The Balaban J connectivity index is 2.51. The van der Waals surface area contributed by atoms with Gasteiger partial charge in [0.05, 0.1) is 12.5 Å². The maximum absolute atomic E-state index is 12.3. The van der Waals surface area contributed by atoms with E-state index in [2.05, 4.69) is 0 Å². The zero-order valence-electron chi connectivity index (χ0n) is 15.3. The van der Waals surface area contributed by atoms with Crippen LogP contribution in [0.3, 0.4) is 0 Å². The number of hydrogen-bond donors (Lipinski definition) is 0. The fourth-order valence-electron chi connectivity index (χ4n) is 3.49. The van der Waals surface area contributed by atoms with E-state index in [0.717, 1.165) is 17.4 Å². The topological polar surface area (TPSA) is 97.3 Å². The minimum Gasteiger partial charge on any atom is -0.469 e. The molecule has 0 aliphatic carbocycles. The first-order valence-corrected chi connectivity index (χ1v) is 8.20. The molecule has 8 heteroatoms. The summed E-state index contributed by atoms with van der Waals surface area (Å²) < 4.78 is 7.17. The van der Waals surface area contributed by atoms with Crippen molar-refractivity contribution in [2.75, 3.05) is 25.1 Å². The fraction of sp³-hybridized carbons (Fsp3) is 0.647. The number of rotatable bonds is 3. The minimum atomic E-state index is -0.696. The van der Waals surface area contributed by atoms with Crippen molar-refractivity contribution in [3.05, 3.63) is 26.4 Å². The third-order valence-corrected chi connectivity index (χ3v) is 5.20. The first-order valence-electron chi connectivity index (χ1n) is 8.20. The van der Waals surface area contributed by atoms with E-state index in [0.29, 0.717) is 18.9 Å². The predicted molar refractivity (Wildman–Crippen MR) is 92.4 cm³/mol. The molecule has 1 aliphatic rings. The second kappa shape index (κ2) is 6.75. The Bertz CT molecular complexity index is 844. The van der Waals surface area contributed by atoms with Gasteiger partial charge in [-0.15, -0.1) is 0 Å². The molecule has 0 saturated carbocycles. The summed E-state index contributed by atoms with van der Waals surface area (Å²) in [5.41, 5.74) is -1.83. The van der Waals surface area contributed by atoms with Crippen molar-refractivity contribution in [2.24, 2.45) is 25.4 Å². The van der Waals surface area contributed by atoms with Gasteiger partial charge in [0.2, 0.25) is 0 Å². The zero-order chi connectivity index (χ0) is 18.9. The minimum absolute atomic E-state index is 0.0144. The standard InChI is InChI=1S/C17H24N4O4/c1-17(2,15(23)25-5)11-7-6-8-21(10-11)13-12(9-18)14(22)20(4)16(24)19(13)3/h11H,6-8,10H2,1-5H3. The molecule has 0 bridgehead atoms. The monoisotopic (exact) mass is 348 g/mol. The van der Waals surface area contributed by atoms with Gasteiger partial charge in [-0.1, -0.05) is 0 Å². The van der Waals surface area contributed by atoms with Crippen LogP contribution >= 0.6 is 0 Å². The van der Waals surface area contributed by atoms with Crippen LogP contribution in [0.2, 0.25) is 0 Å². The van der Waals surface area contributed by atoms with Gasteiger partial charge in [-0.05, 0) is 32.6 Å². The number of aromatic nitrogens is 2. The Morgan fingerprint density at radius 2 is 1.92 bits per heavy atom. The summed E-state index contributed by atoms with van der Waals surface area (Å²) in [5.74, 6) is 0.0121. The molecule has 0 N–H and O–H groups in total. The molecule has 2 rings (SSSR count). The first kappa shape index (κ1) is 18.8. The lowest BCUT2D eigenvalue weighted by atomic mass is 9.74. The van der Waals surface area contributed by atoms with E-state index in [-0.39, 0.29) is 17.5 Å². The molecule has 1 fully saturated rings. The van der Waals surface area contributed by atoms with Crippen LogP contribution in [-0.4, -0.2) is 35.3 Å². The molecular formula is C17H24N4O4. The molecule has 0 spiro atoms. The van der Waals surface area contributed by atoms with Crippen LogP contribution in [0.5, 0.6) is 0 Å². The average Bonchev–Trinajstić information content (AvgIpc) is 2.61. The number of methoxy groups -OCH3 is 1. The van der Waals surface area contributed by atoms with Crippen LogP contribution in [0.25, 0.3) is 0 Å². The van der Waals surface area contributed by atoms with Crippen molar-refractivity contribution >= 4 is 11.8 Å². The number of nitrogens with zero attached hydrogens (tertiary/aromatic N) is 4. The molecule has 1 aliphatic heterocycles. The summed E-state index contributed by atoms with van der Waals surface area (Å²) in [6, 6.07) is 1.93. The lowest BCUT2D eigenvalue weighted by Gasteiger charge is -2.41. The van der Waals surface area contributed by atoms with Crippen LogP contribution in [0, 0.1) is 22.7 Å². The molecule has 1 saturated heterocycles. The molecule has 8 nitrogen and oxygen atoms in total. The molecule has 25 heavy (non-hydrogen) atoms. The molecule has 1 aromatic rings. The largest absolute Gasteiger partial charge is 0.469 e. The van der Waals surface area contributed by atoms with E-state index in [9.17, 15) is 19.6 Å². The van der Waals surface area contributed by atoms with Crippen molar-refractivity contribution in [1.82, 2.24) is 9.13 Å². The number of esters is 1. The van der Waals surface area contributed by atoms with E-state index in [1.54, 1.807) is 7.05 Å². The normalized spacial score (nSPS) is 17.9. The van der Waals surface area contributed by atoms with Crippen LogP contribution in [-0.2, 0) is 23.6 Å². The van der Waals surface area contributed by atoms with Crippen LogP contribution in [0.15, 0.2) is 9.59 Å². The van der Waals surface area contributed by atoms with Crippen molar-refractivity contribution in [1.29, 1.82) is 5.26 Å². The summed E-state index contributed by atoms with van der Waals surface area (Å²) >= 11 is 0. The Morgan fingerprint density at radius 3 is 2.48 bits per heavy atom. The van der Waals surface area contributed by atoms with Gasteiger partial charge in [0.15, 0.2) is 5.56 Å². The maximum Gasteiger partial charge on any atom is 0.332 e. The van der Waals surface area contributed by atoms with E-state index >= 15 is 0 Å². The van der Waals surface area contributed by atoms with E-state index in [1.165, 1.54) is 18.7 Å². The lowest BCUT2D eigenvalue weighted by molar-refractivity contribution is -0.154. The number of carbonyl (C=O) groups is 1. The predicted octanol–water partition coefficient (Wildman–Crippen LogP) is 0.371. The Hall–Kier alpha value is -2.56. The molecule has 2 heterocycles. The van der Waals surface area contributed by atoms with Gasteiger partial charge in [0, 0.05) is 27.2 Å². The van der Waals surface area contributed by atoms with Crippen LogP contribution < -0.4 is 16.1 Å². The number of anilines is 1. The molecule has 0 amide bonds. The summed E-state index contributed by atoms with van der Waals surface area (Å²) in [6.45, 7) is 4.75. The summed E-state index contributed by atoms with van der Waals surface area (Å²) in [4.78, 5) is 38.5. The van der Waals surface area contributed by atoms with Gasteiger partial charge in [-0.25, -0.2) is 4.79 Å². The number of nitriles is 1. The van der Waals surface area contributed by atoms with Crippen LogP contribution in [0.4, 0.5) is 5.82 Å². The number of piperidine rings is 1. The van der Waals surface area contributed by atoms with Gasteiger partial charge in [0.1, 0.15) is 11.9 Å². The Morgan fingerprint density at radius 1 is 1.28 bits per heavy atom. The van der Waals surface area contributed by atoms with Gasteiger partial charge >= 0.3 is 11.7 Å². The Labute approximate surface area is 146 Å². The number of hydrogen-bond acceptors (Lipinski definition) is 6. The molecule has 0 aromatic carbocycles. The number of ether oxygens (including phenoxy) is 1. The van der Waals surface area contributed by atoms with E-state index in [4.69, 9.17) is 4.74 Å². The van der Waals surface area contributed by atoms with Crippen molar-refractivity contribution in [3.8, 4) is 6.07 Å². The second-order valence-corrected chi connectivity index (χ2v) is 7.01. The second-order valence-electron chi connectivity index (χ2n) is 7.01. The zero-order valence-corrected chi connectivity index (χ0v) is 15.3. The van der Waals surface area contributed by atoms with Gasteiger partial charge in [-0.3, -0.25) is 18.7 Å². The quantitative estimate of drug-likeness (QED) is 0.732. The molecule has 1 aromatic heterocycles. The van der Waals surface area contributed by atoms with Crippen molar-refractivity contribution in [2.45, 2.75) is 26.7 Å². The van der Waals surface area contributed by atoms with Crippen molar-refractivity contribution < 1.29 is 9.53 Å². The molecule has 136 valence electrons. The highest BCUT2D eigenvalue weighted by atomic mass is 16.5. The maximum atomic E-state index is 12.3. The number of carbonyl (C=O) groups excluding carboxylic acids is 1.